The normalized spacial score (nSPS) is 13.9. The first-order valence-corrected chi connectivity index (χ1v) is 9.70. The Balaban J connectivity index is 1.87. The van der Waals surface area contributed by atoms with Gasteiger partial charge in [-0.15, -0.1) is 0 Å². The highest BCUT2D eigenvalue weighted by atomic mass is 16.6. The smallest absolute Gasteiger partial charge is 0.308 e. The zero-order valence-electron chi connectivity index (χ0n) is 17.0. The second-order valence-corrected chi connectivity index (χ2v) is 8.07. The van der Waals surface area contributed by atoms with E-state index in [0.29, 0.717) is 0 Å². The van der Waals surface area contributed by atoms with Gasteiger partial charge in [0.15, 0.2) is 0 Å². The molecule has 1 aromatic heterocycles. The largest absolute Gasteiger partial charge is 0.460 e. The van der Waals surface area contributed by atoms with Gasteiger partial charge in [0.2, 0.25) is 0 Å². The molecule has 3 aromatic rings. The molecule has 28 heavy (non-hydrogen) atoms. The lowest BCUT2D eigenvalue weighted by molar-refractivity contribution is -0.155. The van der Waals surface area contributed by atoms with Crippen LogP contribution >= 0.6 is 0 Å². The van der Waals surface area contributed by atoms with Crippen LogP contribution in [0, 0.1) is 0 Å². The fraction of sp³-hybridized carbons (Fsp3) is 0.333. The van der Waals surface area contributed by atoms with Gasteiger partial charge in [0.05, 0.1) is 23.7 Å². The van der Waals surface area contributed by atoms with Crippen LogP contribution in [-0.2, 0) is 9.53 Å². The van der Waals surface area contributed by atoms with Gasteiger partial charge in [-0.1, -0.05) is 54.6 Å². The maximum absolute atomic E-state index is 12.5. The Morgan fingerprint density at radius 2 is 1.68 bits per heavy atom. The number of benzene rings is 2. The predicted octanol–water partition coefficient (Wildman–Crippen LogP) is 5.36. The second kappa shape index (κ2) is 8.53. The Labute approximate surface area is 166 Å². The van der Waals surface area contributed by atoms with E-state index in [1.807, 2.05) is 69.3 Å². The number of carbonyl (C=O) groups is 1. The molecule has 1 heterocycles. The van der Waals surface area contributed by atoms with Crippen LogP contribution in [0.3, 0.4) is 0 Å². The van der Waals surface area contributed by atoms with Crippen LogP contribution in [0.2, 0.25) is 0 Å². The van der Waals surface area contributed by atoms with Gasteiger partial charge < -0.3 is 10.1 Å². The van der Waals surface area contributed by atoms with E-state index in [4.69, 9.17) is 9.72 Å². The minimum atomic E-state index is -0.510. The zero-order valence-corrected chi connectivity index (χ0v) is 17.0. The number of para-hydroxylation sites is 1. The van der Waals surface area contributed by atoms with Crippen LogP contribution < -0.4 is 5.32 Å². The van der Waals surface area contributed by atoms with Gasteiger partial charge in [-0.25, -0.2) is 0 Å². The van der Waals surface area contributed by atoms with Crippen LogP contribution in [0.15, 0.2) is 66.7 Å². The van der Waals surface area contributed by atoms with Gasteiger partial charge in [0.25, 0.3) is 0 Å². The van der Waals surface area contributed by atoms with Gasteiger partial charge >= 0.3 is 5.97 Å². The molecular formula is C24H28N2O2. The molecule has 0 fully saturated rings. The molecule has 0 aliphatic rings. The highest BCUT2D eigenvalue weighted by molar-refractivity contribution is 5.78. The van der Waals surface area contributed by atoms with Crippen molar-refractivity contribution in [2.45, 2.75) is 51.8 Å². The Hall–Kier alpha value is -2.72. The molecule has 0 aliphatic carbocycles. The van der Waals surface area contributed by atoms with Crippen molar-refractivity contribution < 1.29 is 9.53 Å². The van der Waals surface area contributed by atoms with Gasteiger partial charge in [0, 0.05) is 11.4 Å². The van der Waals surface area contributed by atoms with Crippen LogP contribution in [0.1, 0.15) is 57.5 Å². The summed E-state index contributed by atoms with van der Waals surface area (Å²) in [6, 6.07) is 22.1. The SMILES string of the molecule is CC(NC(CC(=O)OC(C)(C)C)c1ccc2ccccc2n1)c1ccccc1. The van der Waals surface area contributed by atoms with Gasteiger partial charge in [-0.3, -0.25) is 9.78 Å². The van der Waals surface area contributed by atoms with E-state index in [-0.39, 0.29) is 24.5 Å². The molecule has 0 saturated carbocycles. The zero-order chi connectivity index (χ0) is 20.1. The Bertz CT molecular complexity index is 932. The topological polar surface area (TPSA) is 51.2 Å². The number of rotatable bonds is 6. The van der Waals surface area contributed by atoms with Gasteiger partial charge in [-0.05, 0) is 45.4 Å². The van der Waals surface area contributed by atoms with E-state index in [1.165, 1.54) is 0 Å². The van der Waals surface area contributed by atoms with Crippen LogP contribution in [0.25, 0.3) is 10.9 Å². The lowest BCUT2D eigenvalue weighted by Crippen LogP contribution is -2.31. The number of hydrogen-bond donors (Lipinski definition) is 1. The fourth-order valence-corrected chi connectivity index (χ4v) is 3.21. The molecule has 0 bridgehead atoms. The summed E-state index contributed by atoms with van der Waals surface area (Å²) in [5, 5.41) is 4.65. The van der Waals surface area contributed by atoms with Gasteiger partial charge in [0.1, 0.15) is 5.60 Å². The number of nitrogens with zero attached hydrogens (tertiary/aromatic N) is 1. The molecule has 2 atom stereocenters. The van der Waals surface area contributed by atoms with E-state index < -0.39 is 5.60 Å². The number of nitrogens with one attached hydrogen (secondary N) is 1. The number of fused-ring (bicyclic) bond motifs is 1. The minimum Gasteiger partial charge on any atom is -0.460 e. The number of aromatic nitrogens is 1. The molecule has 0 aliphatic heterocycles. The minimum absolute atomic E-state index is 0.0712. The molecule has 4 nitrogen and oxygen atoms in total. The first-order valence-electron chi connectivity index (χ1n) is 9.70. The first kappa shape index (κ1) is 20.0. The van der Waals surface area contributed by atoms with Crippen molar-refractivity contribution in [1.29, 1.82) is 0 Å². The summed E-state index contributed by atoms with van der Waals surface area (Å²) in [6.45, 7) is 7.75. The van der Waals surface area contributed by atoms with Crippen molar-refractivity contribution in [1.82, 2.24) is 10.3 Å². The van der Waals surface area contributed by atoms with Crippen LogP contribution in [-0.4, -0.2) is 16.6 Å². The maximum atomic E-state index is 12.5. The molecule has 0 spiro atoms. The summed E-state index contributed by atoms with van der Waals surface area (Å²) in [6.07, 6.45) is 0.222. The van der Waals surface area contributed by atoms with Crippen molar-refractivity contribution in [3.05, 3.63) is 78.0 Å². The van der Waals surface area contributed by atoms with E-state index in [9.17, 15) is 4.79 Å². The number of carbonyl (C=O) groups excluding carboxylic acids is 1. The average molecular weight is 377 g/mol. The quantitative estimate of drug-likeness (QED) is 0.589. The molecule has 2 unspecified atom stereocenters. The van der Waals surface area contributed by atoms with Crippen molar-refractivity contribution >= 4 is 16.9 Å². The van der Waals surface area contributed by atoms with Crippen LogP contribution in [0.4, 0.5) is 0 Å². The Morgan fingerprint density at radius 1 is 1.00 bits per heavy atom. The summed E-state index contributed by atoms with van der Waals surface area (Å²) >= 11 is 0. The predicted molar refractivity (Wildman–Crippen MR) is 113 cm³/mol. The lowest BCUT2D eigenvalue weighted by atomic mass is 10.0. The van der Waals surface area contributed by atoms with Crippen molar-refractivity contribution in [2.24, 2.45) is 0 Å². The Kier molecular flexibility index (Phi) is 6.10. The van der Waals surface area contributed by atoms with E-state index >= 15 is 0 Å². The summed E-state index contributed by atoms with van der Waals surface area (Å²) in [4.78, 5) is 17.3. The number of hydrogen-bond acceptors (Lipinski definition) is 4. The average Bonchev–Trinajstić information content (AvgIpc) is 2.66. The molecule has 0 saturated heterocycles. The third kappa shape index (κ3) is 5.40. The standard InChI is InChI=1S/C24H28N2O2/c1-17(18-10-6-5-7-11-18)25-22(16-23(27)28-24(2,3)4)21-15-14-19-12-8-9-13-20(19)26-21/h5-15,17,22,25H,16H2,1-4H3. The fourth-order valence-electron chi connectivity index (χ4n) is 3.21. The second-order valence-electron chi connectivity index (χ2n) is 8.07. The monoisotopic (exact) mass is 376 g/mol. The third-order valence-corrected chi connectivity index (χ3v) is 4.52. The molecule has 0 amide bonds. The number of esters is 1. The van der Waals surface area contributed by atoms with Crippen molar-refractivity contribution in [3.8, 4) is 0 Å². The molecule has 2 aromatic carbocycles. The highest BCUT2D eigenvalue weighted by Crippen LogP contribution is 2.24. The number of pyridine rings is 1. The third-order valence-electron chi connectivity index (χ3n) is 4.52. The molecule has 1 N–H and O–H groups in total. The van der Waals surface area contributed by atoms with E-state index in [1.54, 1.807) is 0 Å². The van der Waals surface area contributed by atoms with E-state index in [0.717, 1.165) is 22.2 Å². The summed E-state index contributed by atoms with van der Waals surface area (Å²) < 4.78 is 5.56. The molecule has 4 heteroatoms. The Morgan fingerprint density at radius 3 is 2.39 bits per heavy atom. The van der Waals surface area contributed by atoms with Crippen molar-refractivity contribution in [3.63, 3.8) is 0 Å². The lowest BCUT2D eigenvalue weighted by Gasteiger charge is -2.25. The van der Waals surface area contributed by atoms with Crippen LogP contribution in [0.5, 0.6) is 0 Å². The summed E-state index contributed by atoms with van der Waals surface area (Å²) in [5.74, 6) is -0.236. The first-order chi connectivity index (χ1) is 13.3. The number of ether oxygens (including phenoxy) is 1. The molecular weight excluding hydrogens is 348 g/mol. The molecule has 0 radical (unpaired) electrons. The highest BCUT2D eigenvalue weighted by Gasteiger charge is 2.24. The van der Waals surface area contributed by atoms with Gasteiger partial charge in [-0.2, -0.15) is 0 Å². The molecule has 146 valence electrons. The summed E-state index contributed by atoms with van der Waals surface area (Å²) in [7, 11) is 0. The van der Waals surface area contributed by atoms with E-state index in [2.05, 4.69) is 30.4 Å². The summed E-state index contributed by atoms with van der Waals surface area (Å²) in [5.41, 5.74) is 2.41. The molecule has 3 rings (SSSR count). The maximum Gasteiger partial charge on any atom is 0.308 e. The van der Waals surface area contributed by atoms with Crippen molar-refractivity contribution in [2.75, 3.05) is 0 Å².